The molecule has 5 nitrogen and oxygen atoms in total. The number of nitrogens with zero attached hydrogens (tertiary/aromatic N) is 2. The van der Waals surface area contributed by atoms with Gasteiger partial charge in [0.2, 0.25) is 0 Å². The normalized spacial score (nSPS) is 13.8. The first-order valence-electron chi connectivity index (χ1n) is 7.95. The highest BCUT2D eigenvalue weighted by molar-refractivity contribution is 6.31. The molecule has 6 heteroatoms. The maximum Gasteiger partial charge on any atom is 0.162 e. The van der Waals surface area contributed by atoms with Crippen molar-refractivity contribution in [3.05, 3.63) is 59.2 Å². The standard InChI is InChI=1S/C19H16ClN3O2/c1-12(13-2-5-18-19(10-13)25-9-8-24-18)22-23-16-6-7-21-17-11-14(20)3-4-15(16)17/h2-7,10-11H,8-9H2,1H3,(H,21,23). The maximum absolute atomic E-state index is 6.03. The smallest absolute Gasteiger partial charge is 0.162 e. The second-order valence-electron chi connectivity index (χ2n) is 5.69. The zero-order valence-corrected chi connectivity index (χ0v) is 14.4. The molecule has 25 heavy (non-hydrogen) atoms. The molecule has 0 fully saturated rings. The largest absolute Gasteiger partial charge is 0.486 e. The van der Waals surface area contributed by atoms with E-state index in [1.807, 2.05) is 49.4 Å². The summed E-state index contributed by atoms with van der Waals surface area (Å²) >= 11 is 6.03. The number of hydrogen-bond donors (Lipinski definition) is 1. The third-order valence-electron chi connectivity index (χ3n) is 4.01. The second kappa shape index (κ2) is 6.61. The van der Waals surface area contributed by atoms with E-state index in [2.05, 4.69) is 15.5 Å². The van der Waals surface area contributed by atoms with E-state index in [1.54, 1.807) is 6.20 Å². The minimum atomic E-state index is 0.566. The van der Waals surface area contributed by atoms with Crippen LogP contribution in [0.4, 0.5) is 5.69 Å². The zero-order valence-electron chi connectivity index (χ0n) is 13.6. The molecule has 0 radical (unpaired) electrons. The first kappa shape index (κ1) is 15.7. The van der Waals surface area contributed by atoms with Crippen molar-refractivity contribution >= 4 is 33.9 Å². The average Bonchev–Trinajstić information content (AvgIpc) is 2.65. The number of nitrogens with one attached hydrogen (secondary N) is 1. The molecule has 0 spiro atoms. The molecule has 126 valence electrons. The lowest BCUT2D eigenvalue weighted by molar-refractivity contribution is 0.171. The van der Waals surface area contributed by atoms with E-state index in [4.69, 9.17) is 21.1 Å². The summed E-state index contributed by atoms with van der Waals surface area (Å²) in [6.45, 7) is 3.09. The molecule has 0 atom stereocenters. The van der Waals surface area contributed by atoms with Crippen molar-refractivity contribution in [1.82, 2.24) is 4.98 Å². The number of pyridine rings is 1. The monoisotopic (exact) mass is 353 g/mol. The third kappa shape index (κ3) is 3.23. The van der Waals surface area contributed by atoms with Crippen LogP contribution in [0.3, 0.4) is 0 Å². The molecule has 0 aliphatic carbocycles. The summed E-state index contributed by atoms with van der Waals surface area (Å²) in [5.74, 6) is 1.52. The first-order chi connectivity index (χ1) is 12.2. The molecule has 1 aromatic heterocycles. The summed E-state index contributed by atoms with van der Waals surface area (Å²) in [5, 5.41) is 6.12. The number of aromatic nitrogens is 1. The molecule has 0 bridgehead atoms. The van der Waals surface area contributed by atoms with E-state index >= 15 is 0 Å². The van der Waals surface area contributed by atoms with Crippen molar-refractivity contribution in [3.63, 3.8) is 0 Å². The van der Waals surface area contributed by atoms with Gasteiger partial charge in [-0.1, -0.05) is 11.6 Å². The topological polar surface area (TPSA) is 55.7 Å². The predicted octanol–water partition coefficient (Wildman–Crippen LogP) is 4.50. The van der Waals surface area contributed by atoms with E-state index in [0.717, 1.165) is 39.4 Å². The van der Waals surface area contributed by atoms with Gasteiger partial charge in [0.1, 0.15) is 13.2 Å². The molecule has 0 saturated heterocycles. The van der Waals surface area contributed by atoms with Gasteiger partial charge < -0.3 is 9.47 Å². The van der Waals surface area contributed by atoms with Gasteiger partial charge >= 0.3 is 0 Å². The molecule has 2 aromatic carbocycles. The lowest BCUT2D eigenvalue weighted by atomic mass is 10.1. The Balaban J connectivity index is 1.61. The molecular weight excluding hydrogens is 338 g/mol. The lowest BCUT2D eigenvalue weighted by Crippen LogP contribution is -2.15. The second-order valence-corrected chi connectivity index (χ2v) is 6.12. The van der Waals surface area contributed by atoms with Gasteiger partial charge in [0.05, 0.1) is 16.9 Å². The van der Waals surface area contributed by atoms with Crippen LogP contribution in [0.5, 0.6) is 11.5 Å². The SMILES string of the molecule is CC(=NNc1ccnc2cc(Cl)ccc12)c1ccc2c(c1)OCCO2. The van der Waals surface area contributed by atoms with Crippen LogP contribution in [0.2, 0.25) is 5.02 Å². The van der Waals surface area contributed by atoms with Gasteiger partial charge in [0.15, 0.2) is 11.5 Å². The molecule has 2 heterocycles. The lowest BCUT2D eigenvalue weighted by Gasteiger charge is -2.18. The third-order valence-corrected chi connectivity index (χ3v) is 4.24. The number of hydrazone groups is 1. The summed E-state index contributed by atoms with van der Waals surface area (Å²) in [6.07, 6.45) is 1.73. The van der Waals surface area contributed by atoms with Gasteiger partial charge in [-0.05, 0) is 49.4 Å². The molecule has 0 amide bonds. The first-order valence-corrected chi connectivity index (χ1v) is 8.33. The Bertz CT molecular complexity index is 972. The van der Waals surface area contributed by atoms with Crippen LogP contribution >= 0.6 is 11.6 Å². The maximum atomic E-state index is 6.03. The van der Waals surface area contributed by atoms with Gasteiger partial charge in [0.25, 0.3) is 0 Å². The van der Waals surface area contributed by atoms with E-state index in [0.29, 0.717) is 18.2 Å². The Kier molecular flexibility index (Phi) is 4.15. The summed E-state index contributed by atoms with van der Waals surface area (Å²) in [7, 11) is 0. The van der Waals surface area contributed by atoms with Crippen LogP contribution < -0.4 is 14.9 Å². The van der Waals surface area contributed by atoms with Crippen LogP contribution in [-0.4, -0.2) is 23.9 Å². The number of anilines is 1. The van der Waals surface area contributed by atoms with Crippen molar-refractivity contribution < 1.29 is 9.47 Å². The van der Waals surface area contributed by atoms with E-state index < -0.39 is 0 Å². The average molecular weight is 354 g/mol. The summed E-state index contributed by atoms with van der Waals surface area (Å²) in [5.41, 5.74) is 6.63. The van der Waals surface area contributed by atoms with E-state index in [9.17, 15) is 0 Å². The number of ether oxygens (including phenoxy) is 2. The summed E-state index contributed by atoms with van der Waals surface area (Å²) < 4.78 is 11.2. The Labute approximate surface area is 150 Å². The number of rotatable bonds is 3. The van der Waals surface area contributed by atoms with Crippen molar-refractivity contribution in [3.8, 4) is 11.5 Å². The predicted molar refractivity (Wildman–Crippen MR) is 100 cm³/mol. The Hall–Kier alpha value is -2.79. The van der Waals surface area contributed by atoms with Crippen LogP contribution in [0.1, 0.15) is 12.5 Å². The van der Waals surface area contributed by atoms with Gasteiger partial charge in [-0.15, -0.1) is 0 Å². The van der Waals surface area contributed by atoms with Gasteiger partial charge in [-0.25, -0.2) is 0 Å². The van der Waals surface area contributed by atoms with Gasteiger partial charge in [-0.3, -0.25) is 10.4 Å². The molecule has 4 rings (SSSR count). The fourth-order valence-corrected chi connectivity index (χ4v) is 2.86. The fraction of sp³-hybridized carbons (Fsp3) is 0.158. The van der Waals surface area contributed by atoms with Crippen molar-refractivity contribution in [2.75, 3.05) is 18.6 Å². The highest BCUT2D eigenvalue weighted by Crippen LogP contribution is 2.31. The number of hydrogen-bond acceptors (Lipinski definition) is 5. The Morgan fingerprint density at radius 3 is 2.80 bits per heavy atom. The molecule has 0 saturated carbocycles. The highest BCUT2D eigenvalue weighted by atomic mass is 35.5. The molecule has 1 N–H and O–H groups in total. The molecule has 3 aromatic rings. The highest BCUT2D eigenvalue weighted by Gasteiger charge is 2.12. The van der Waals surface area contributed by atoms with E-state index in [1.165, 1.54) is 0 Å². The Morgan fingerprint density at radius 1 is 1.08 bits per heavy atom. The molecule has 0 unspecified atom stereocenters. The minimum Gasteiger partial charge on any atom is -0.486 e. The van der Waals surface area contributed by atoms with Crippen molar-refractivity contribution in [1.29, 1.82) is 0 Å². The van der Waals surface area contributed by atoms with Crippen LogP contribution in [-0.2, 0) is 0 Å². The van der Waals surface area contributed by atoms with Gasteiger partial charge in [-0.2, -0.15) is 5.10 Å². The van der Waals surface area contributed by atoms with Crippen LogP contribution in [0.25, 0.3) is 10.9 Å². The number of halogens is 1. The quantitative estimate of drug-likeness (QED) is 0.556. The number of benzene rings is 2. The summed E-state index contributed by atoms with van der Waals surface area (Å²) in [4.78, 5) is 4.33. The van der Waals surface area contributed by atoms with Crippen molar-refractivity contribution in [2.45, 2.75) is 6.92 Å². The number of fused-ring (bicyclic) bond motifs is 2. The Morgan fingerprint density at radius 2 is 1.92 bits per heavy atom. The molecule has 1 aliphatic heterocycles. The van der Waals surface area contributed by atoms with Crippen LogP contribution in [0, 0.1) is 0 Å². The van der Waals surface area contributed by atoms with E-state index in [-0.39, 0.29) is 0 Å². The summed E-state index contributed by atoms with van der Waals surface area (Å²) in [6, 6.07) is 13.3. The fourth-order valence-electron chi connectivity index (χ4n) is 2.70. The van der Waals surface area contributed by atoms with Crippen LogP contribution in [0.15, 0.2) is 53.8 Å². The molecular formula is C19H16ClN3O2. The zero-order chi connectivity index (χ0) is 17.2. The minimum absolute atomic E-state index is 0.566. The van der Waals surface area contributed by atoms with Gasteiger partial charge in [0, 0.05) is 22.2 Å². The van der Waals surface area contributed by atoms with Crippen molar-refractivity contribution in [2.24, 2.45) is 5.10 Å². The molecule has 1 aliphatic rings.